The van der Waals surface area contributed by atoms with Crippen LogP contribution in [0.25, 0.3) is 33.5 Å². The van der Waals surface area contributed by atoms with Crippen molar-refractivity contribution in [2.24, 2.45) is 5.10 Å². The zero-order valence-corrected chi connectivity index (χ0v) is 22.3. The molecule has 2 heterocycles. The largest absolute Gasteiger partial charge is 0.474 e. The van der Waals surface area contributed by atoms with E-state index in [4.69, 9.17) is 20.8 Å². The number of nitrogens with zero attached hydrogens (tertiary/aromatic N) is 4. The molecule has 196 valence electrons. The van der Waals surface area contributed by atoms with Crippen molar-refractivity contribution in [3.63, 3.8) is 0 Å². The van der Waals surface area contributed by atoms with Gasteiger partial charge in [0.1, 0.15) is 5.58 Å². The van der Waals surface area contributed by atoms with Crippen LogP contribution in [0, 0.1) is 10.1 Å². The summed E-state index contributed by atoms with van der Waals surface area (Å²) < 4.78 is 17.6. The van der Waals surface area contributed by atoms with Crippen molar-refractivity contribution >= 4 is 67.3 Å². The lowest BCUT2D eigenvalue weighted by Gasteiger charge is -2.09. The number of hydrogen-bond donors (Lipinski definition) is 0. The van der Waals surface area contributed by atoms with Gasteiger partial charge in [0, 0.05) is 21.5 Å². The Morgan fingerprint density at radius 2 is 2.03 bits per heavy atom. The normalized spacial score (nSPS) is 11.4. The molecule has 0 fully saturated rings. The highest BCUT2D eigenvalue weighted by Gasteiger charge is 2.22. The third-order valence-electron chi connectivity index (χ3n) is 5.58. The Morgan fingerprint density at radius 1 is 1.23 bits per heavy atom. The van der Waals surface area contributed by atoms with Crippen molar-refractivity contribution in [3.8, 4) is 17.3 Å². The molecule has 0 saturated heterocycles. The predicted octanol–water partition coefficient (Wildman–Crippen LogP) is 5.57. The van der Waals surface area contributed by atoms with Crippen molar-refractivity contribution in [3.05, 3.63) is 96.2 Å². The van der Waals surface area contributed by atoms with Crippen LogP contribution in [0.4, 0.5) is 5.69 Å². The summed E-state index contributed by atoms with van der Waals surface area (Å²) in [6.07, 6.45) is 1.23. The van der Waals surface area contributed by atoms with E-state index in [1.165, 1.54) is 12.3 Å². The number of benzene rings is 3. The number of carbonyl (C=O) groups excluding carboxylic acids is 1. The number of hydrogen-bond acceptors (Lipinski definition) is 9. The molecule has 0 aliphatic rings. The van der Waals surface area contributed by atoms with E-state index >= 15 is 0 Å². The lowest BCUT2D eigenvalue weighted by molar-refractivity contribution is -0.385. The minimum Gasteiger partial charge on any atom is -0.474 e. The Balaban J connectivity index is 1.63. The van der Waals surface area contributed by atoms with Crippen molar-refractivity contribution in [1.82, 2.24) is 9.66 Å². The van der Waals surface area contributed by atoms with Crippen LogP contribution in [-0.2, 0) is 9.53 Å². The summed E-state index contributed by atoms with van der Waals surface area (Å²) in [6.45, 7) is -0.569. The Bertz CT molecular complexity index is 1870. The summed E-state index contributed by atoms with van der Waals surface area (Å²) in [5.41, 5.74) is 0.233. The molecule has 2 aromatic heterocycles. The van der Waals surface area contributed by atoms with E-state index in [1.807, 2.05) is 12.1 Å². The maximum atomic E-state index is 13.4. The highest BCUT2D eigenvalue weighted by molar-refractivity contribution is 9.10. The second kappa shape index (κ2) is 10.7. The van der Waals surface area contributed by atoms with Crippen LogP contribution in [0.15, 0.2) is 79.4 Å². The number of ether oxygens (including phenoxy) is 2. The summed E-state index contributed by atoms with van der Waals surface area (Å²) in [7, 11) is 1.16. The lowest BCUT2D eigenvalue weighted by Crippen LogP contribution is -2.20. The molecule has 0 amide bonds. The fourth-order valence-corrected chi connectivity index (χ4v) is 4.44. The van der Waals surface area contributed by atoms with Crippen LogP contribution in [0.3, 0.4) is 0 Å². The molecule has 0 atom stereocenters. The zero-order valence-electron chi connectivity index (χ0n) is 20.0. The molecule has 0 saturated carbocycles. The lowest BCUT2D eigenvalue weighted by atomic mass is 10.2. The van der Waals surface area contributed by atoms with Crippen molar-refractivity contribution in [1.29, 1.82) is 0 Å². The summed E-state index contributed by atoms with van der Waals surface area (Å²) in [5.74, 6) is -0.623. The number of fused-ring (bicyclic) bond motifs is 2. The Hall–Kier alpha value is -4.55. The molecule has 11 nitrogen and oxygen atoms in total. The second-order valence-electron chi connectivity index (χ2n) is 8.08. The number of furan rings is 1. The summed E-state index contributed by atoms with van der Waals surface area (Å²) in [4.78, 5) is 40.5. The third kappa shape index (κ3) is 5.24. The van der Waals surface area contributed by atoms with Crippen LogP contribution in [-0.4, -0.2) is 40.5 Å². The molecule has 0 N–H and O–H groups in total. The zero-order chi connectivity index (χ0) is 27.7. The number of halogens is 2. The molecule has 0 radical (unpaired) electrons. The number of carbonyl (C=O) groups is 1. The standard InChI is InChI=1S/C26H16BrClN4O7/c1-37-23(33)13-38-24-18(28)8-14(9-20(24)32(35)36)12-29-31-25(30-19-5-3-2-4-17(19)26(31)34)22-11-15-10-16(27)6-7-21(15)39-22/h2-12H,13H2,1H3. The minimum atomic E-state index is -0.736. The van der Waals surface area contributed by atoms with E-state index in [-0.39, 0.29) is 22.2 Å². The van der Waals surface area contributed by atoms with Gasteiger partial charge in [-0.15, -0.1) is 0 Å². The SMILES string of the molecule is COC(=O)COc1c(Cl)cc(C=Nn2c(-c3cc4cc(Br)ccc4o3)nc3ccccc3c2=O)cc1[N+](=O)[O-]. The quantitative estimate of drug-likeness (QED) is 0.101. The first-order valence-corrected chi connectivity index (χ1v) is 12.4. The molecule has 5 rings (SSSR count). The summed E-state index contributed by atoms with van der Waals surface area (Å²) in [6, 6.07) is 16.5. The molecule has 0 unspecified atom stereocenters. The van der Waals surface area contributed by atoms with E-state index in [9.17, 15) is 19.7 Å². The van der Waals surface area contributed by atoms with Gasteiger partial charge in [-0.05, 0) is 42.5 Å². The van der Waals surface area contributed by atoms with Crippen LogP contribution in [0.1, 0.15) is 5.56 Å². The molecule has 5 aromatic rings. The van der Waals surface area contributed by atoms with Crippen LogP contribution in [0.5, 0.6) is 5.75 Å². The Kier molecular flexibility index (Phi) is 7.13. The van der Waals surface area contributed by atoms with Crippen molar-refractivity contribution in [2.45, 2.75) is 0 Å². The molecule has 0 spiro atoms. The molecular weight excluding hydrogens is 596 g/mol. The van der Waals surface area contributed by atoms with Crippen molar-refractivity contribution < 1.29 is 23.6 Å². The molecular formula is C26H16BrClN4O7. The first-order chi connectivity index (χ1) is 18.7. The third-order valence-corrected chi connectivity index (χ3v) is 6.35. The average molecular weight is 612 g/mol. The number of rotatable bonds is 7. The number of nitro benzene ring substituents is 1. The van der Waals surface area contributed by atoms with Gasteiger partial charge in [-0.25, -0.2) is 9.78 Å². The van der Waals surface area contributed by atoms with Gasteiger partial charge in [0.2, 0.25) is 11.6 Å². The molecule has 3 aromatic carbocycles. The molecule has 39 heavy (non-hydrogen) atoms. The molecule has 0 aliphatic carbocycles. The molecule has 0 bridgehead atoms. The summed E-state index contributed by atoms with van der Waals surface area (Å²) >= 11 is 9.67. The van der Waals surface area contributed by atoms with E-state index < -0.39 is 28.7 Å². The van der Waals surface area contributed by atoms with Crippen LogP contribution < -0.4 is 10.3 Å². The van der Waals surface area contributed by atoms with Gasteiger partial charge in [0.15, 0.2) is 12.4 Å². The fourth-order valence-electron chi connectivity index (χ4n) is 3.78. The number of aromatic nitrogens is 2. The first kappa shape index (κ1) is 26.1. The van der Waals surface area contributed by atoms with Gasteiger partial charge in [-0.2, -0.15) is 9.78 Å². The highest BCUT2D eigenvalue weighted by Crippen LogP contribution is 2.36. The monoisotopic (exact) mass is 610 g/mol. The minimum absolute atomic E-state index is 0.126. The molecule has 13 heteroatoms. The van der Waals surface area contributed by atoms with E-state index in [0.29, 0.717) is 22.2 Å². The van der Waals surface area contributed by atoms with Crippen molar-refractivity contribution in [2.75, 3.05) is 13.7 Å². The number of methoxy groups -OCH3 is 1. The van der Waals surface area contributed by atoms with Crippen LogP contribution in [0.2, 0.25) is 5.02 Å². The number of para-hydroxylation sites is 1. The highest BCUT2D eigenvalue weighted by atomic mass is 79.9. The summed E-state index contributed by atoms with van der Waals surface area (Å²) in [5, 5.41) is 16.9. The van der Waals surface area contributed by atoms with Gasteiger partial charge >= 0.3 is 11.7 Å². The first-order valence-electron chi connectivity index (χ1n) is 11.2. The van der Waals surface area contributed by atoms with Gasteiger partial charge in [-0.1, -0.05) is 39.7 Å². The van der Waals surface area contributed by atoms with E-state index in [1.54, 1.807) is 36.4 Å². The number of nitro groups is 1. The fraction of sp³-hybridized carbons (Fsp3) is 0.0769. The smallest absolute Gasteiger partial charge is 0.343 e. The average Bonchev–Trinajstić information content (AvgIpc) is 3.34. The number of esters is 1. The van der Waals surface area contributed by atoms with Gasteiger partial charge in [0.05, 0.1) is 34.2 Å². The maximum Gasteiger partial charge on any atom is 0.343 e. The maximum absolute atomic E-state index is 13.4. The van der Waals surface area contributed by atoms with E-state index in [0.717, 1.165) is 27.7 Å². The topological polar surface area (TPSA) is 139 Å². The van der Waals surface area contributed by atoms with Gasteiger partial charge in [-0.3, -0.25) is 14.9 Å². The Morgan fingerprint density at radius 3 is 2.79 bits per heavy atom. The van der Waals surface area contributed by atoms with Crippen LogP contribution >= 0.6 is 27.5 Å². The second-order valence-corrected chi connectivity index (χ2v) is 9.40. The van der Waals surface area contributed by atoms with E-state index in [2.05, 4.69) is 30.8 Å². The predicted molar refractivity (Wildman–Crippen MR) is 148 cm³/mol. The van der Waals surface area contributed by atoms with Gasteiger partial charge in [0.25, 0.3) is 5.56 Å². The Labute approximate surface area is 232 Å². The van der Waals surface area contributed by atoms with Gasteiger partial charge < -0.3 is 13.9 Å². The molecule has 0 aliphatic heterocycles.